The Labute approximate surface area is 93.1 Å². The summed E-state index contributed by atoms with van der Waals surface area (Å²) in [6.07, 6.45) is 4.60. The maximum atomic E-state index is 10.8. The zero-order chi connectivity index (χ0) is 11.6. The van der Waals surface area contributed by atoms with Crippen molar-refractivity contribution in [2.45, 2.75) is 37.7 Å². The van der Waals surface area contributed by atoms with Gasteiger partial charge in [-0.1, -0.05) is 19.3 Å². The quantitative estimate of drug-likeness (QED) is 0.542. The molecule has 1 aliphatic heterocycles. The fourth-order valence-corrected chi connectivity index (χ4v) is 2.03. The molecule has 2 amide bonds. The second-order valence-corrected chi connectivity index (χ2v) is 4.36. The van der Waals surface area contributed by atoms with Crippen LogP contribution in [0.2, 0.25) is 0 Å². The number of nitrogens with one attached hydrogen (secondary N) is 2. The Balaban J connectivity index is 1.93. The molecule has 2 fully saturated rings. The van der Waals surface area contributed by atoms with E-state index < -0.39 is 17.4 Å². The van der Waals surface area contributed by atoms with Crippen LogP contribution in [0, 0.1) is 0 Å². The van der Waals surface area contributed by atoms with Crippen LogP contribution in [0.4, 0.5) is 0 Å². The molecule has 6 heteroatoms. The summed E-state index contributed by atoms with van der Waals surface area (Å²) in [6.45, 7) is 0.225. The van der Waals surface area contributed by atoms with E-state index in [0.717, 1.165) is 32.1 Å². The zero-order valence-corrected chi connectivity index (χ0v) is 8.95. The molecule has 0 aromatic carbocycles. The topological polar surface area (TPSA) is 90.8 Å². The number of nitrogens with zero attached hydrogens (tertiary/aromatic N) is 1. The molecule has 1 heterocycles. The Morgan fingerprint density at radius 3 is 2.25 bits per heavy atom. The lowest BCUT2D eigenvalue weighted by Gasteiger charge is -2.30. The molecule has 0 aromatic heterocycles. The Kier molecular flexibility index (Phi) is 2.91. The van der Waals surface area contributed by atoms with E-state index in [-0.39, 0.29) is 12.5 Å². The predicted molar refractivity (Wildman–Crippen MR) is 56.6 cm³/mol. The minimum Gasteiger partial charge on any atom is -0.388 e. The molecule has 1 aliphatic carbocycles. The van der Waals surface area contributed by atoms with Gasteiger partial charge in [0.1, 0.15) is 0 Å². The number of guanidine groups is 1. The summed E-state index contributed by atoms with van der Waals surface area (Å²) in [4.78, 5) is 25.7. The van der Waals surface area contributed by atoms with Crippen LogP contribution < -0.4 is 10.6 Å². The van der Waals surface area contributed by atoms with Crippen molar-refractivity contribution in [2.24, 2.45) is 4.99 Å². The molecule has 0 radical (unpaired) electrons. The van der Waals surface area contributed by atoms with E-state index >= 15 is 0 Å². The third-order valence-corrected chi connectivity index (χ3v) is 2.99. The molecule has 0 bridgehead atoms. The number of amides is 2. The summed E-state index contributed by atoms with van der Waals surface area (Å²) < 4.78 is 0. The number of carbonyl (C=O) groups excluding carboxylic acids is 2. The first kappa shape index (κ1) is 11.1. The van der Waals surface area contributed by atoms with Gasteiger partial charge in [0.2, 0.25) is 5.96 Å². The lowest BCUT2D eigenvalue weighted by atomic mass is 9.85. The fraction of sp³-hybridized carbons (Fsp3) is 0.700. The van der Waals surface area contributed by atoms with Gasteiger partial charge in [-0.3, -0.25) is 20.2 Å². The minimum absolute atomic E-state index is 0.147. The number of aliphatic hydroxyl groups is 1. The van der Waals surface area contributed by atoms with Crippen LogP contribution in [0.25, 0.3) is 0 Å². The highest BCUT2D eigenvalue weighted by molar-refractivity contribution is 6.45. The van der Waals surface area contributed by atoms with Crippen molar-refractivity contribution >= 4 is 17.8 Å². The second-order valence-electron chi connectivity index (χ2n) is 4.36. The SMILES string of the molecule is O=C1NC(=NCC2(O)CCCCC2)NC1=O. The predicted octanol–water partition coefficient (Wildman–Crippen LogP) is -0.716. The van der Waals surface area contributed by atoms with Crippen LogP contribution in [0.15, 0.2) is 4.99 Å². The Bertz CT molecular complexity index is 327. The molecular formula is C10H15N3O3. The van der Waals surface area contributed by atoms with E-state index in [1.54, 1.807) is 0 Å². The smallest absolute Gasteiger partial charge is 0.316 e. The molecule has 1 saturated carbocycles. The summed E-state index contributed by atoms with van der Waals surface area (Å²) in [5, 5.41) is 14.7. The fourth-order valence-electron chi connectivity index (χ4n) is 2.03. The number of aliphatic imine (C=N–C) groups is 1. The molecule has 2 aliphatic rings. The Hall–Kier alpha value is -1.43. The monoisotopic (exact) mass is 225 g/mol. The van der Waals surface area contributed by atoms with Crippen LogP contribution in [-0.4, -0.2) is 35.0 Å². The van der Waals surface area contributed by atoms with Gasteiger partial charge in [-0.25, -0.2) is 4.99 Å². The number of carbonyl (C=O) groups is 2. The maximum absolute atomic E-state index is 10.8. The Morgan fingerprint density at radius 1 is 1.12 bits per heavy atom. The van der Waals surface area contributed by atoms with E-state index in [4.69, 9.17) is 0 Å². The summed E-state index contributed by atoms with van der Waals surface area (Å²) in [7, 11) is 0. The van der Waals surface area contributed by atoms with Crippen molar-refractivity contribution in [3.8, 4) is 0 Å². The van der Waals surface area contributed by atoms with Crippen molar-refractivity contribution < 1.29 is 14.7 Å². The molecule has 0 atom stereocenters. The number of hydrogen-bond donors (Lipinski definition) is 3. The summed E-state index contributed by atoms with van der Waals surface area (Å²) in [5.41, 5.74) is -0.775. The number of rotatable bonds is 2. The first-order valence-electron chi connectivity index (χ1n) is 5.48. The van der Waals surface area contributed by atoms with E-state index in [1.165, 1.54) is 0 Å². The van der Waals surface area contributed by atoms with Crippen molar-refractivity contribution in [3.63, 3.8) is 0 Å². The third-order valence-electron chi connectivity index (χ3n) is 2.99. The Morgan fingerprint density at radius 2 is 1.69 bits per heavy atom. The molecule has 88 valence electrons. The van der Waals surface area contributed by atoms with Gasteiger partial charge in [0.15, 0.2) is 0 Å². The van der Waals surface area contributed by atoms with Gasteiger partial charge < -0.3 is 5.11 Å². The van der Waals surface area contributed by atoms with Crippen molar-refractivity contribution in [1.82, 2.24) is 10.6 Å². The normalized spacial score (nSPS) is 23.9. The minimum atomic E-state index is -0.775. The van der Waals surface area contributed by atoms with Gasteiger partial charge in [-0.05, 0) is 12.8 Å². The van der Waals surface area contributed by atoms with E-state index in [0.29, 0.717) is 0 Å². The second kappa shape index (κ2) is 4.21. The molecule has 0 unspecified atom stereocenters. The van der Waals surface area contributed by atoms with Crippen molar-refractivity contribution in [3.05, 3.63) is 0 Å². The highest BCUT2D eigenvalue weighted by Gasteiger charge is 2.30. The first-order chi connectivity index (χ1) is 7.59. The molecule has 1 saturated heterocycles. The average molecular weight is 225 g/mol. The van der Waals surface area contributed by atoms with Crippen molar-refractivity contribution in [1.29, 1.82) is 0 Å². The largest absolute Gasteiger partial charge is 0.388 e. The van der Waals surface area contributed by atoms with Gasteiger partial charge in [0.05, 0.1) is 12.1 Å². The summed E-state index contributed by atoms with van der Waals surface area (Å²) in [6, 6.07) is 0. The van der Waals surface area contributed by atoms with Gasteiger partial charge in [-0.15, -0.1) is 0 Å². The van der Waals surface area contributed by atoms with E-state index in [2.05, 4.69) is 15.6 Å². The molecular weight excluding hydrogens is 210 g/mol. The molecule has 3 N–H and O–H groups in total. The maximum Gasteiger partial charge on any atom is 0.316 e. The average Bonchev–Trinajstić information content (AvgIpc) is 2.57. The molecule has 16 heavy (non-hydrogen) atoms. The van der Waals surface area contributed by atoms with E-state index in [1.807, 2.05) is 0 Å². The lowest BCUT2D eigenvalue weighted by Crippen LogP contribution is -2.37. The van der Waals surface area contributed by atoms with Crippen LogP contribution >= 0.6 is 0 Å². The zero-order valence-electron chi connectivity index (χ0n) is 8.95. The van der Waals surface area contributed by atoms with Crippen LogP contribution in [-0.2, 0) is 9.59 Å². The summed E-state index contributed by atoms with van der Waals surface area (Å²) >= 11 is 0. The van der Waals surface area contributed by atoms with Crippen LogP contribution in [0.5, 0.6) is 0 Å². The van der Waals surface area contributed by atoms with Crippen molar-refractivity contribution in [2.75, 3.05) is 6.54 Å². The standard InChI is InChI=1S/C10H15N3O3/c14-7-8(15)13-9(12-7)11-6-10(16)4-2-1-3-5-10/h16H,1-6H2,(H2,11,12,13,14,15). The van der Waals surface area contributed by atoms with Gasteiger partial charge in [-0.2, -0.15) is 0 Å². The van der Waals surface area contributed by atoms with Crippen LogP contribution in [0.1, 0.15) is 32.1 Å². The summed E-state index contributed by atoms with van der Waals surface area (Å²) in [5.74, 6) is -1.25. The lowest BCUT2D eigenvalue weighted by molar-refractivity contribution is -0.135. The van der Waals surface area contributed by atoms with Gasteiger partial charge in [0, 0.05) is 0 Å². The third kappa shape index (κ3) is 2.38. The highest BCUT2D eigenvalue weighted by atomic mass is 16.3. The van der Waals surface area contributed by atoms with Crippen LogP contribution in [0.3, 0.4) is 0 Å². The number of hydrogen-bond acceptors (Lipinski definition) is 4. The molecule has 6 nitrogen and oxygen atoms in total. The van der Waals surface area contributed by atoms with Gasteiger partial charge in [0.25, 0.3) is 0 Å². The molecule has 0 spiro atoms. The molecule has 2 rings (SSSR count). The molecule has 0 aromatic rings. The first-order valence-corrected chi connectivity index (χ1v) is 5.48. The van der Waals surface area contributed by atoms with E-state index in [9.17, 15) is 14.7 Å². The van der Waals surface area contributed by atoms with Gasteiger partial charge >= 0.3 is 11.8 Å². The highest BCUT2D eigenvalue weighted by Crippen LogP contribution is 2.28.